The lowest BCUT2D eigenvalue weighted by atomic mass is 9.89. The van der Waals surface area contributed by atoms with Gasteiger partial charge in [-0.3, -0.25) is 10.1 Å². The number of thiazole rings is 1. The smallest absolute Gasteiger partial charge is 0.258 e. The molecule has 1 atom stereocenters. The van der Waals surface area contributed by atoms with Crippen LogP contribution in [0.1, 0.15) is 43.2 Å². The van der Waals surface area contributed by atoms with E-state index in [1.807, 2.05) is 0 Å². The first-order valence-corrected chi connectivity index (χ1v) is 9.04. The third-order valence-electron chi connectivity index (χ3n) is 5.06. The molecule has 0 radical (unpaired) electrons. The minimum absolute atomic E-state index is 0.0466. The molecule has 0 bridgehead atoms. The third kappa shape index (κ3) is 3.05. The number of hydrogen-bond donors (Lipinski definition) is 2. The molecule has 1 fully saturated rings. The quantitative estimate of drug-likeness (QED) is 0.893. The van der Waals surface area contributed by atoms with Crippen molar-refractivity contribution in [1.29, 1.82) is 0 Å². The Labute approximate surface area is 135 Å². The van der Waals surface area contributed by atoms with Gasteiger partial charge in [0.15, 0.2) is 5.13 Å². The summed E-state index contributed by atoms with van der Waals surface area (Å²) in [6.07, 6.45) is 6.00. The van der Waals surface area contributed by atoms with E-state index in [1.54, 1.807) is 18.4 Å². The van der Waals surface area contributed by atoms with Crippen molar-refractivity contribution < 1.29 is 9.53 Å². The highest BCUT2D eigenvalue weighted by Crippen LogP contribution is 2.34. The zero-order valence-corrected chi connectivity index (χ0v) is 14.2. The fraction of sp³-hybridized carbons (Fsp3) is 0.750. The van der Waals surface area contributed by atoms with Crippen LogP contribution in [0, 0.1) is 5.92 Å². The second-order valence-corrected chi connectivity index (χ2v) is 7.39. The van der Waals surface area contributed by atoms with Crippen LogP contribution in [0.15, 0.2) is 0 Å². The monoisotopic (exact) mass is 323 g/mol. The van der Waals surface area contributed by atoms with Gasteiger partial charge in [0.05, 0.1) is 5.69 Å². The van der Waals surface area contributed by atoms with Gasteiger partial charge >= 0.3 is 0 Å². The maximum absolute atomic E-state index is 12.7. The third-order valence-corrected chi connectivity index (χ3v) is 6.09. The van der Waals surface area contributed by atoms with Gasteiger partial charge in [-0.2, -0.15) is 0 Å². The number of rotatable bonds is 4. The van der Waals surface area contributed by atoms with E-state index in [0.717, 1.165) is 37.0 Å². The van der Waals surface area contributed by atoms with Gasteiger partial charge in [-0.25, -0.2) is 4.98 Å². The van der Waals surface area contributed by atoms with Crippen LogP contribution in [0.2, 0.25) is 0 Å². The lowest BCUT2D eigenvalue weighted by molar-refractivity contribution is -0.140. The van der Waals surface area contributed by atoms with Gasteiger partial charge < -0.3 is 10.1 Å². The van der Waals surface area contributed by atoms with Crippen molar-refractivity contribution in [2.45, 2.75) is 51.0 Å². The lowest BCUT2D eigenvalue weighted by Gasteiger charge is -2.34. The van der Waals surface area contributed by atoms with Crippen molar-refractivity contribution in [2.75, 3.05) is 25.5 Å². The number of amides is 1. The summed E-state index contributed by atoms with van der Waals surface area (Å²) in [4.78, 5) is 18.6. The second-order valence-electron chi connectivity index (χ2n) is 6.31. The number of ether oxygens (including phenoxy) is 1. The van der Waals surface area contributed by atoms with Crippen LogP contribution in [-0.4, -0.2) is 36.7 Å². The molecule has 1 aromatic heterocycles. The number of hydrogen-bond acceptors (Lipinski definition) is 5. The fourth-order valence-electron chi connectivity index (χ4n) is 3.41. The average molecular weight is 323 g/mol. The fourth-order valence-corrected chi connectivity index (χ4v) is 4.53. The van der Waals surface area contributed by atoms with E-state index in [1.165, 1.54) is 23.4 Å². The molecular formula is C16H25N3O2S. The van der Waals surface area contributed by atoms with Gasteiger partial charge in [-0.05, 0) is 51.1 Å². The van der Waals surface area contributed by atoms with Crippen LogP contribution in [0.5, 0.6) is 0 Å². The molecule has 5 nitrogen and oxygen atoms in total. The largest absolute Gasteiger partial charge is 0.368 e. The number of nitrogens with one attached hydrogen (secondary N) is 2. The van der Waals surface area contributed by atoms with Gasteiger partial charge in [0.2, 0.25) is 0 Å². The zero-order valence-electron chi connectivity index (χ0n) is 13.4. The Kier molecular flexibility index (Phi) is 4.80. The molecule has 1 aromatic rings. The van der Waals surface area contributed by atoms with Crippen molar-refractivity contribution >= 4 is 22.4 Å². The molecule has 0 saturated carbocycles. The number of methoxy groups -OCH3 is 1. The first-order chi connectivity index (χ1) is 10.7. The van der Waals surface area contributed by atoms with E-state index in [0.29, 0.717) is 12.8 Å². The van der Waals surface area contributed by atoms with E-state index in [2.05, 4.69) is 22.5 Å². The molecule has 2 N–H and O–H groups in total. The molecule has 122 valence electrons. The molecular weight excluding hydrogens is 298 g/mol. The molecule has 1 saturated heterocycles. The molecule has 1 amide bonds. The number of anilines is 1. The summed E-state index contributed by atoms with van der Waals surface area (Å²) in [7, 11) is 1.63. The van der Waals surface area contributed by atoms with E-state index >= 15 is 0 Å². The molecule has 0 aromatic carbocycles. The molecule has 0 spiro atoms. The highest BCUT2D eigenvalue weighted by molar-refractivity contribution is 7.15. The minimum atomic E-state index is -0.705. The number of nitrogens with zero attached hydrogens (tertiary/aromatic N) is 1. The number of aromatic nitrogens is 1. The first kappa shape index (κ1) is 15.9. The summed E-state index contributed by atoms with van der Waals surface area (Å²) in [5, 5.41) is 7.02. The van der Waals surface area contributed by atoms with Crippen molar-refractivity contribution in [3.05, 3.63) is 10.6 Å². The Morgan fingerprint density at radius 1 is 1.50 bits per heavy atom. The van der Waals surface area contributed by atoms with Gasteiger partial charge in [-0.1, -0.05) is 13.3 Å². The Morgan fingerprint density at radius 2 is 2.27 bits per heavy atom. The average Bonchev–Trinajstić information content (AvgIpc) is 2.96. The van der Waals surface area contributed by atoms with Crippen LogP contribution in [-0.2, 0) is 22.4 Å². The topological polar surface area (TPSA) is 63.2 Å². The van der Waals surface area contributed by atoms with Gasteiger partial charge in [0, 0.05) is 12.0 Å². The Morgan fingerprint density at radius 3 is 2.95 bits per heavy atom. The predicted molar refractivity (Wildman–Crippen MR) is 88.4 cm³/mol. The van der Waals surface area contributed by atoms with Crippen molar-refractivity contribution in [3.63, 3.8) is 0 Å². The van der Waals surface area contributed by atoms with Crippen molar-refractivity contribution in [3.8, 4) is 0 Å². The molecule has 3 rings (SSSR count). The standard InChI is InChI=1S/C16H25N3O2S/c1-3-11-4-5-12-13(10-11)22-15(18-12)19-14(20)16(21-2)6-8-17-9-7-16/h11,17H,3-10H2,1-2H3,(H,18,19,20). The normalized spacial score (nSPS) is 23.8. The van der Waals surface area contributed by atoms with E-state index < -0.39 is 5.60 Å². The van der Waals surface area contributed by atoms with Crippen molar-refractivity contribution in [2.24, 2.45) is 5.92 Å². The van der Waals surface area contributed by atoms with Gasteiger partial charge in [-0.15, -0.1) is 11.3 Å². The molecule has 6 heteroatoms. The van der Waals surface area contributed by atoms with E-state index in [9.17, 15) is 4.79 Å². The van der Waals surface area contributed by atoms with Crippen LogP contribution in [0.25, 0.3) is 0 Å². The summed E-state index contributed by atoms with van der Waals surface area (Å²) in [5.74, 6) is 0.723. The maximum atomic E-state index is 12.7. The molecule has 2 aliphatic rings. The van der Waals surface area contributed by atoms with Crippen LogP contribution < -0.4 is 10.6 Å². The highest BCUT2D eigenvalue weighted by atomic mass is 32.1. The van der Waals surface area contributed by atoms with E-state index in [4.69, 9.17) is 4.74 Å². The van der Waals surface area contributed by atoms with Crippen LogP contribution in [0.4, 0.5) is 5.13 Å². The molecule has 22 heavy (non-hydrogen) atoms. The number of aryl methyl sites for hydroxylation is 1. The first-order valence-electron chi connectivity index (χ1n) is 8.23. The van der Waals surface area contributed by atoms with E-state index in [-0.39, 0.29) is 5.91 Å². The molecule has 1 aliphatic heterocycles. The Bertz CT molecular complexity index is 537. The van der Waals surface area contributed by atoms with Crippen LogP contribution in [0.3, 0.4) is 0 Å². The Balaban J connectivity index is 1.70. The SMILES string of the molecule is CCC1CCc2nc(NC(=O)C3(OC)CCNCC3)sc2C1. The summed E-state index contributed by atoms with van der Waals surface area (Å²) in [6.45, 7) is 3.88. The molecule has 2 heterocycles. The number of carbonyl (C=O) groups is 1. The number of piperidine rings is 1. The summed E-state index contributed by atoms with van der Waals surface area (Å²) >= 11 is 1.64. The number of carbonyl (C=O) groups excluding carboxylic acids is 1. The van der Waals surface area contributed by atoms with Crippen molar-refractivity contribution in [1.82, 2.24) is 10.3 Å². The number of fused-ring (bicyclic) bond motifs is 1. The molecule has 1 aliphatic carbocycles. The minimum Gasteiger partial charge on any atom is -0.368 e. The summed E-state index contributed by atoms with van der Waals surface area (Å²) in [5.41, 5.74) is 0.477. The molecule has 1 unspecified atom stereocenters. The zero-order chi connectivity index (χ0) is 15.6. The maximum Gasteiger partial charge on any atom is 0.258 e. The summed E-state index contributed by atoms with van der Waals surface area (Å²) in [6, 6.07) is 0. The van der Waals surface area contributed by atoms with Gasteiger partial charge in [0.25, 0.3) is 5.91 Å². The second kappa shape index (κ2) is 6.64. The Hall–Kier alpha value is -0.980. The predicted octanol–water partition coefficient (Wildman–Crippen LogP) is 2.37. The van der Waals surface area contributed by atoms with Crippen LogP contribution >= 0.6 is 11.3 Å². The summed E-state index contributed by atoms with van der Waals surface area (Å²) < 4.78 is 5.57. The van der Waals surface area contributed by atoms with Gasteiger partial charge in [0.1, 0.15) is 5.60 Å². The lowest BCUT2D eigenvalue weighted by Crippen LogP contribution is -2.51. The highest BCUT2D eigenvalue weighted by Gasteiger charge is 2.40.